The third-order valence-electron chi connectivity index (χ3n) is 3.21. The molecular weight excluding hydrogens is 311 g/mol. The quantitative estimate of drug-likeness (QED) is 0.919. The molecule has 0 amide bonds. The molecule has 1 aliphatic rings. The van der Waals surface area contributed by atoms with Crippen LogP contribution in [0.2, 0.25) is 4.34 Å². The normalized spacial score (nSPS) is 15.4. The second-order valence-electron chi connectivity index (χ2n) is 4.56. The van der Waals surface area contributed by atoms with E-state index >= 15 is 0 Å². The van der Waals surface area contributed by atoms with Crippen molar-refractivity contribution < 1.29 is 13.2 Å². The molecule has 0 aromatic carbocycles. The van der Waals surface area contributed by atoms with Gasteiger partial charge in [-0.15, -0.1) is 11.3 Å². The minimum atomic E-state index is -4.40. The van der Waals surface area contributed by atoms with Gasteiger partial charge in [0.1, 0.15) is 0 Å². The predicted molar refractivity (Wildman–Crippen MR) is 71.1 cm³/mol. The largest absolute Gasteiger partial charge is 0.435 e. The van der Waals surface area contributed by atoms with Crippen LogP contribution in [0.3, 0.4) is 0 Å². The predicted octanol–water partition coefficient (Wildman–Crippen LogP) is 3.31. The Morgan fingerprint density at radius 2 is 2.20 bits per heavy atom. The average Bonchev–Trinajstić information content (AvgIpc) is 2.94. The van der Waals surface area contributed by atoms with E-state index in [9.17, 15) is 13.2 Å². The summed E-state index contributed by atoms with van der Waals surface area (Å²) < 4.78 is 41.1. The molecule has 0 radical (unpaired) electrons. The van der Waals surface area contributed by atoms with Crippen molar-refractivity contribution in [1.82, 2.24) is 15.1 Å². The first-order chi connectivity index (χ1) is 9.45. The monoisotopic (exact) mass is 321 g/mol. The molecule has 0 aliphatic carbocycles. The number of thiophene rings is 1. The van der Waals surface area contributed by atoms with Gasteiger partial charge in [0.15, 0.2) is 5.69 Å². The molecule has 3 rings (SSSR count). The Labute approximate surface area is 122 Å². The number of rotatable bonds is 2. The molecule has 3 nitrogen and oxygen atoms in total. The summed E-state index contributed by atoms with van der Waals surface area (Å²) >= 11 is 7.20. The molecule has 2 aromatic heterocycles. The molecule has 0 saturated heterocycles. The van der Waals surface area contributed by atoms with E-state index in [1.54, 1.807) is 6.07 Å². The molecule has 0 atom stereocenters. The summed E-state index contributed by atoms with van der Waals surface area (Å²) in [5.74, 6) is 0. The van der Waals surface area contributed by atoms with Gasteiger partial charge in [-0.25, -0.2) is 0 Å². The summed E-state index contributed by atoms with van der Waals surface area (Å²) in [6.45, 7) is 1.28. The van der Waals surface area contributed by atoms with E-state index in [1.165, 1.54) is 16.0 Å². The number of hydrogen-bond acceptors (Lipinski definition) is 3. The first-order valence-corrected chi connectivity index (χ1v) is 7.25. The molecule has 0 fully saturated rings. The zero-order chi connectivity index (χ0) is 14.3. The van der Waals surface area contributed by atoms with E-state index in [0.717, 1.165) is 4.88 Å². The molecular formula is C12H11ClF3N3S. The van der Waals surface area contributed by atoms with Crippen LogP contribution in [0, 0.1) is 0 Å². The number of aromatic nitrogens is 2. The average molecular weight is 322 g/mol. The number of nitrogens with zero attached hydrogens (tertiary/aromatic N) is 2. The van der Waals surface area contributed by atoms with Crippen LogP contribution in [0.5, 0.6) is 0 Å². The van der Waals surface area contributed by atoms with Gasteiger partial charge in [0.2, 0.25) is 0 Å². The Morgan fingerprint density at radius 3 is 2.85 bits per heavy atom. The van der Waals surface area contributed by atoms with E-state index in [-0.39, 0.29) is 0 Å². The Bertz CT molecular complexity index is 632. The van der Waals surface area contributed by atoms with Crippen LogP contribution in [-0.2, 0) is 25.7 Å². The van der Waals surface area contributed by atoms with Gasteiger partial charge in [-0.3, -0.25) is 4.68 Å². The molecule has 108 valence electrons. The van der Waals surface area contributed by atoms with Crippen molar-refractivity contribution in [3.63, 3.8) is 0 Å². The third-order valence-corrected chi connectivity index (χ3v) is 4.43. The number of hydrogen-bond donors (Lipinski definition) is 1. The van der Waals surface area contributed by atoms with Crippen LogP contribution >= 0.6 is 22.9 Å². The fourth-order valence-electron chi connectivity index (χ4n) is 2.36. The highest BCUT2D eigenvalue weighted by molar-refractivity contribution is 7.16. The number of halogens is 4. The van der Waals surface area contributed by atoms with Crippen LogP contribution < -0.4 is 5.32 Å². The summed E-state index contributed by atoms with van der Waals surface area (Å²) in [6.07, 6.45) is -4.05. The van der Waals surface area contributed by atoms with Crippen LogP contribution in [0.1, 0.15) is 21.8 Å². The fourth-order valence-corrected chi connectivity index (χ4v) is 3.43. The third kappa shape index (κ3) is 2.57. The van der Waals surface area contributed by atoms with Gasteiger partial charge in [0.05, 0.1) is 16.6 Å². The second-order valence-corrected chi connectivity index (χ2v) is 6.36. The lowest BCUT2D eigenvalue weighted by molar-refractivity contribution is -0.142. The summed E-state index contributed by atoms with van der Waals surface area (Å²) in [7, 11) is 0. The van der Waals surface area contributed by atoms with Gasteiger partial charge >= 0.3 is 6.18 Å². The van der Waals surface area contributed by atoms with Gasteiger partial charge < -0.3 is 5.32 Å². The first kappa shape index (κ1) is 13.9. The van der Waals surface area contributed by atoms with Crippen LogP contribution in [0.15, 0.2) is 12.1 Å². The van der Waals surface area contributed by atoms with Crippen molar-refractivity contribution in [2.24, 2.45) is 0 Å². The topological polar surface area (TPSA) is 29.9 Å². The Hall–Kier alpha value is -1.05. The van der Waals surface area contributed by atoms with Crippen LogP contribution in [0.4, 0.5) is 13.2 Å². The van der Waals surface area contributed by atoms with E-state index in [0.29, 0.717) is 41.6 Å². The minimum absolute atomic E-state index is 0.317. The molecule has 1 aliphatic heterocycles. The zero-order valence-electron chi connectivity index (χ0n) is 10.3. The van der Waals surface area contributed by atoms with Crippen LogP contribution in [-0.4, -0.2) is 16.3 Å². The maximum atomic E-state index is 13.0. The minimum Gasteiger partial charge on any atom is -0.311 e. The number of nitrogens with one attached hydrogen (secondary N) is 1. The van der Waals surface area contributed by atoms with E-state index in [1.807, 2.05) is 6.07 Å². The molecule has 0 bridgehead atoms. The molecule has 3 heterocycles. The SMILES string of the molecule is FC(F)(F)c1nn(Cc2ccc(Cl)s2)c2c1CCNC2. The van der Waals surface area contributed by atoms with Crippen molar-refractivity contribution >= 4 is 22.9 Å². The lowest BCUT2D eigenvalue weighted by Gasteiger charge is -2.15. The molecule has 8 heteroatoms. The second kappa shape index (κ2) is 5.05. The van der Waals surface area contributed by atoms with Gasteiger partial charge in [0, 0.05) is 17.0 Å². The standard InChI is InChI=1S/C12H11ClF3N3S/c13-10-2-1-7(20-10)6-19-9-5-17-4-3-8(9)11(18-19)12(14,15)16/h1-2,17H,3-6H2. The van der Waals surface area contributed by atoms with E-state index < -0.39 is 11.9 Å². The maximum absolute atomic E-state index is 13.0. The molecule has 0 spiro atoms. The summed E-state index contributed by atoms with van der Waals surface area (Å²) in [4.78, 5) is 0.889. The van der Waals surface area contributed by atoms with Gasteiger partial charge in [-0.2, -0.15) is 18.3 Å². The highest BCUT2D eigenvalue weighted by atomic mass is 35.5. The summed E-state index contributed by atoms with van der Waals surface area (Å²) in [5, 5.41) is 6.87. The summed E-state index contributed by atoms with van der Waals surface area (Å²) in [5.41, 5.74) is 0.184. The first-order valence-electron chi connectivity index (χ1n) is 6.06. The van der Waals surface area contributed by atoms with E-state index in [4.69, 9.17) is 11.6 Å². The van der Waals surface area contributed by atoms with Crippen molar-refractivity contribution in [1.29, 1.82) is 0 Å². The number of fused-ring (bicyclic) bond motifs is 1. The molecule has 0 unspecified atom stereocenters. The maximum Gasteiger partial charge on any atom is 0.435 e. The molecule has 20 heavy (non-hydrogen) atoms. The Balaban J connectivity index is 2.00. The van der Waals surface area contributed by atoms with Gasteiger partial charge in [-0.05, 0) is 25.1 Å². The Kier molecular flexibility index (Phi) is 3.51. The number of alkyl halides is 3. The molecule has 1 N–H and O–H groups in total. The van der Waals surface area contributed by atoms with Crippen molar-refractivity contribution in [2.45, 2.75) is 25.7 Å². The van der Waals surface area contributed by atoms with Crippen molar-refractivity contribution in [3.05, 3.63) is 38.3 Å². The highest BCUT2D eigenvalue weighted by Crippen LogP contribution is 2.34. The lowest BCUT2D eigenvalue weighted by Crippen LogP contribution is -2.26. The van der Waals surface area contributed by atoms with Crippen molar-refractivity contribution in [3.8, 4) is 0 Å². The highest BCUT2D eigenvalue weighted by Gasteiger charge is 2.39. The molecule has 2 aromatic rings. The summed E-state index contributed by atoms with van der Waals surface area (Å²) in [6, 6.07) is 3.55. The van der Waals surface area contributed by atoms with Gasteiger partial charge in [0.25, 0.3) is 0 Å². The smallest absolute Gasteiger partial charge is 0.311 e. The fraction of sp³-hybridized carbons (Fsp3) is 0.417. The zero-order valence-corrected chi connectivity index (χ0v) is 11.9. The van der Waals surface area contributed by atoms with Gasteiger partial charge in [-0.1, -0.05) is 11.6 Å². The van der Waals surface area contributed by atoms with Crippen LogP contribution in [0.25, 0.3) is 0 Å². The van der Waals surface area contributed by atoms with E-state index in [2.05, 4.69) is 10.4 Å². The van der Waals surface area contributed by atoms with Crippen molar-refractivity contribution in [2.75, 3.05) is 6.54 Å². The lowest BCUT2D eigenvalue weighted by atomic mass is 10.1. The molecule has 0 saturated carbocycles. The Morgan fingerprint density at radius 1 is 1.40 bits per heavy atom.